The van der Waals surface area contributed by atoms with E-state index in [1.54, 1.807) is 12.1 Å². The molecule has 1 N–H and O–H groups in total. The number of rotatable bonds is 6. The number of piperidine rings is 1. The van der Waals surface area contributed by atoms with Crippen molar-refractivity contribution in [2.45, 2.75) is 51.1 Å². The summed E-state index contributed by atoms with van der Waals surface area (Å²) in [5.74, 6) is 0.730. The Morgan fingerprint density at radius 3 is 2.52 bits per heavy atom. The minimum Gasteiger partial charge on any atom is -0.317 e. The van der Waals surface area contributed by atoms with Crippen molar-refractivity contribution in [3.05, 3.63) is 35.6 Å². The van der Waals surface area contributed by atoms with Crippen LogP contribution in [0.2, 0.25) is 0 Å². The first-order valence-electron chi connectivity index (χ1n) is 8.50. The van der Waals surface area contributed by atoms with Gasteiger partial charge >= 0.3 is 0 Å². The van der Waals surface area contributed by atoms with E-state index in [0.29, 0.717) is 6.04 Å². The Morgan fingerprint density at radius 2 is 1.90 bits per heavy atom. The summed E-state index contributed by atoms with van der Waals surface area (Å²) < 4.78 is 14.2. The van der Waals surface area contributed by atoms with Gasteiger partial charge in [0.1, 0.15) is 5.82 Å². The summed E-state index contributed by atoms with van der Waals surface area (Å²) in [6.07, 6.45) is 6.09. The monoisotopic (exact) mass is 290 g/mol. The molecular formula is C18H27FN2. The fraction of sp³-hybridized carbons (Fsp3) is 0.667. The molecule has 1 atom stereocenters. The van der Waals surface area contributed by atoms with Gasteiger partial charge in [0.2, 0.25) is 0 Å². The minimum atomic E-state index is -0.0414. The van der Waals surface area contributed by atoms with E-state index >= 15 is 0 Å². The second kappa shape index (κ2) is 6.89. The first-order valence-corrected chi connectivity index (χ1v) is 8.50. The number of hydrogen-bond acceptors (Lipinski definition) is 2. The molecule has 0 aromatic heterocycles. The van der Waals surface area contributed by atoms with Crippen LogP contribution in [0.4, 0.5) is 4.39 Å². The van der Waals surface area contributed by atoms with Crippen molar-refractivity contribution in [3.8, 4) is 0 Å². The molecule has 2 aliphatic rings. The lowest BCUT2D eigenvalue weighted by atomic mass is 9.94. The lowest BCUT2D eigenvalue weighted by molar-refractivity contribution is 0.136. The van der Waals surface area contributed by atoms with Crippen molar-refractivity contribution in [1.82, 2.24) is 10.2 Å². The van der Waals surface area contributed by atoms with Crippen LogP contribution < -0.4 is 5.32 Å². The molecule has 1 aliphatic heterocycles. The van der Waals surface area contributed by atoms with Crippen LogP contribution >= 0.6 is 0 Å². The van der Waals surface area contributed by atoms with Crippen LogP contribution in [0, 0.1) is 11.7 Å². The van der Waals surface area contributed by atoms with Crippen molar-refractivity contribution in [1.29, 1.82) is 0 Å². The maximum Gasteiger partial charge on any atom is 0.127 e. The van der Waals surface area contributed by atoms with E-state index in [-0.39, 0.29) is 11.9 Å². The lowest BCUT2D eigenvalue weighted by Crippen LogP contribution is -2.39. The van der Waals surface area contributed by atoms with Gasteiger partial charge in [0.15, 0.2) is 0 Å². The van der Waals surface area contributed by atoms with Gasteiger partial charge in [-0.3, -0.25) is 4.90 Å². The van der Waals surface area contributed by atoms with Crippen LogP contribution in [0.5, 0.6) is 0 Å². The molecule has 1 heterocycles. The number of nitrogens with zero attached hydrogens (tertiary/aromatic N) is 1. The molecule has 116 valence electrons. The van der Waals surface area contributed by atoms with E-state index in [9.17, 15) is 4.39 Å². The molecule has 1 aromatic rings. The normalized spacial score (nSPS) is 21.7. The first-order chi connectivity index (χ1) is 10.3. The highest BCUT2D eigenvalue weighted by Gasteiger charge is 2.36. The molecule has 1 saturated carbocycles. The summed E-state index contributed by atoms with van der Waals surface area (Å²) in [6.45, 7) is 5.60. The van der Waals surface area contributed by atoms with Crippen LogP contribution in [0.1, 0.15) is 50.6 Å². The summed E-state index contributed by atoms with van der Waals surface area (Å²) >= 11 is 0. The summed E-state index contributed by atoms with van der Waals surface area (Å²) in [5, 5.41) is 3.44. The van der Waals surface area contributed by atoms with Crippen molar-refractivity contribution in [3.63, 3.8) is 0 Å². The number of benzene rings is 1. The lowest BCUT2D eigenvalue weighted by Gasteiger charge is -2.36. The molecule has 21 heavy (non-hydrogen) atoms. The Labute approximate surface area is 127 Å². The molecule has 2 nitrogen and oxygen atoms in total. The van der Waals surface area contributed by atoms with E-state index in [2.05, 4.69) is 17.1 Å². The highest BCUT2D eigenvalue weighted by atomic mass is 19.1. The van der Waals surface area contributed by atoms with Crippen LogP contribution in [-0.2, 0) is 0 Å². The SMILES string of the molecule is CCC(c1ccccc1F)N(CC1CCNCC1)C1CC1. The molecule has 3 rings (SSSR count). The Morgan fingerprint density at radius 1 is 1.19 bits per heavy atom. The minimum absolute atomic E-state index is 0.0414. The van der Waals surface area contributed by atoms with E-state index in [1.807, 2.05) is 12.1 Å². The molecule has 1 aromatic carbocycles. The van der Waals surface area contributed by atoms with Crippen molar-refractivity contribution in [2.75, 3.05) is 19.6 Å². The predicted molar refractivity (Wildman–Crippen MR) is 84.8 cm³/mol. The molecular weight excluding hydrogens is 263 g/mol. The summed E-state index contributed by atoms with van der Waals surface area (Å²) in [6, 6.07) is 8.27. The first kappa shape index (κ1) is 15.0. The zero-order valence-corrected chi connectivity index (χ0v) is 13.0. The fourth-order valence-corrected chi connectivity index (χ4v) is 3.68. The smallest absolute Gasteiger partial charge is 0.127 e. The molecule has 0 radical (unpaired) electrons. The average Bonchev–Trinajstić information content (AvgIpc) is 3.34. The number of nitrogens with one attached hydrogen (secondary N) is 1. The second-order valence-electron chi connectivity index (χ2n) is 6.57. The molecule has 0 spiro atoms. The average molecular weight is 290 g/mol. The van der Waals surface area contributed by atoms with Crippen LogP contribution in [0.15, 0.2) is 24.3 Å². The highest BCUT2D eigenvalue weighted by Crippen LogP contribution is 2.38. The zero-order valence-electron chi connectivity index (χ0n) is 13.0. The fourth-order valence-electron chi connectivity index (χ4n) is 3.68. The van der Waals surface area contributed by atoms with Crippen molar-refractivity contribution < 1.29 is 4.39 Å². The maximum atomic E-state index is 14.2. The van der Waals surface area contributed by atoms with Gasteiger partial charge in [-0.05, 0) is 57.2 Å². The summed E-state index contributed by atoms with van der Waals surface area (Å²) in [7, 11) is 0. The quantitative estimate of drug-likeness (QED) is 0.858. The second-order valence-corrected chi connectivity index (χ2v) is 6.57. The Hall–Kier alpha value is -0.930. The van der Waals surface area contributed by atoms with E-state index in [4.69, 9.17) is 0 Å². The van der Waals surface area contributed by atoms with Gasteiger partial charge in [-0.15, -0.1) is 0 Å². The molecule has 1 aliphatic carbocycles. The standard InChI is InChI=1S/C18H27FN2/c1-2-18(16-5-3-4-6-17(16)19)21(15-7-8-15)13-14-9-11-20-12-10-14/h3-6,14-15,18,20H,2,7-13H2,1H3. The van der Waals surface area contributed by atoms with Crippen molar-refractivity contribution in [2.24, 2.45) is 5.92 Å². The van der Waals surface area contributed by atoms with Gasteiger partial charge in [0, 0.05) is 24.2 Å². The molecule has 1 unspecified atom stereocenters. The van der Waals surface area contributed by atoms with Crippen LogP contribution in [0.25, 0.3) is 0 Å². The Bertz CT molecular complexity index is 452. The van der Waals surface area contributed by atoms with Gasteiger partial charge in [-0.1, -0.05) is 25.1 Å². The van der Waals surface area contributed by atoms with Gasteiger partial charge in [-0.25, -0.2) is 4.39 Å². The van der Waals surface area contributed by atoms with E-state index in [0.717, 1.165) is 37.5 Å². The summed E-state index contributed by atoms with van der Waals surface area (Å²) in [5.41, 5.74) is 0.890. The van der Waals surface area contributed by atoms with Crippen LogP contribution in [-0.4, -0.2) is 30.6 Å². The van der Waals surface area contributed by atoms with Gasteiger partial charge in [0.25, 0.3) is 0 Å². The highest BCUT2D eigenvalue weighted by molar-refractivity contribution is 5.22. The molecule has 0 amide bonds. The van der Waals surface area contributed by atoms with E-state index < -0.39 is 0 Å². The number of hydrogen-bond donors (Lipinski definition) is 1. The molecule has 2 fully saturated rings. The predicted octanol–water partition coefficient (Wildman–Crippen LogP) is 3.74. The molecule has 3 heteroatoms. The third kappa shape index (κ3) is 3.64. The van der Waals surface area contributed by atoms with Gasteiger partial charge in [0.05, 0.1) is 0 Å². The third-order valence-corrected chi connectivity index (χ3v) is 4.99. The topological polar surface area (TPSA) is 15.3 Å². The van der Waals surface area contributed by atoms with Gasteiger partial charge < -0.3 is 5.32 Å². The Balaban J connectivity index is 1.76. The van der Waals surface area contributed by atoms with E-state index in [1.165, 1.54) is 25.7 Å². The zero-order chi connectivity index (χ0) is 14.7. The van der Waals surface area contributed by atoms with Crippen molar-refractivity contribution >= 4 is 0 Å². The third-order valence-electron chi connectivity index (χ3n) is 4.99. The Kier molecular flexibility index (Phi) is 4.91. The molecule has 1 saturated heterocycles. The van der Waals surface area contributed by atoms with Crippen LogP contribution in [0.3, 0.4) is 0 Å². The van der Waals surface area contributed by atoms with Gasteiger partial charge in [-0.2, -0.15) is 0 Å². The summed E-state index contributed by atoms with van der Waals surface area (Å²) in [4.78, 5) is 2.61. The maximum absolute atomic E-state index is 14.2. The molecule has 0 bridgehead atoms. The largest absolute Gasteiger partial charge is 0.317 e. The number of halogens is 1.